The van der Waals surface area contributed by atoms with Crippen molar-refractivity contribution in [2.24, 2.45) is 5.73 Å². The number of rotatable bonds is 7. The zero-order valence-electron chi connectivity index (χ0n) is 10.7. The van der Waals surface area contributed by atoms with Crippen molar-refractivity contribution in [3.05, 3.63) is 29.8 Å². The summed E-state index contributed by atoms with van der Waals surface area (Å²) in [6.07, 6.45) is 0. The highest BCUT2D eigenvalue weighted by molar-refractivity contribution is 6.00. The molecule has 0 aliphatic rings. The van der Waals surface area contributed by atoms with Crippen LogP contribution >= 0.6 is 0 Å². The fourth-order valence-electron chi connectivity index (χ4n) is 1.56. The summed E-state index contributed by atoms with van der Waals surface area (Å²) in [5, 5.41) is 8.71. The Labute approximate surface area is 117 Å². The third-order valence-electron chi connectivity index (χ3n) is 2.29. The zero-order chi connectivity index (χ0) is 16.0. The molecular weight excluding hydrogens is 290 g/mol. The Morgan fingerprint density at radius 2 is 1.86 bits per heavy atom. The molecule has 0 spiro atoms. The molecule has 0 aliphatic carbocycles. The molecule has 0 unspecified atom stereocenters. The Morgan fingerprint density at radius 1 is 1.24 bits per heavy atom. The second-order valence-electron chi connectivity index (χ2n) is 3.90. The van der Waals surface area contributed by atoms with E-state index in [0.29, 0.717) is 4.90 Å². The Morgan fingerprint density at radius 3 is 2.38 bits per heavy atom. The van der Waals surface area contributed by atoms with Crippen LogP contribution in [0, 0.1) is 0 Å². The Kier molecular flexibility index (Phi) is 5.58. The van der Waals surface area contributed by atoms with E-state index in [4.69, 9.17) is 10.8 Å². The van der Waals surface area contributed by atoms with Crippen molar-refractivity contribution < 1.29 is 33.0 Å². The molecule has 0 bridgehead atoms. The zero-order valence-corrected chi connectivity index (χ0v) is 10.7. The van der Waals surface area contributed by atoms with Gasteiger partial charge in [0.2, 0.25) is 5.91 Å². The number of benzene rings is 1. The topological polar surface area (TPSA) is 110 Å². The fraction of sp³-hybridized carbons (Fsp3) is 0.250. The molecule has 2 amide bonds. The van der Waals surface area contributed by atoms with Crippen LogP contribution in [-0.2, 0) is 9.59 Å². The van der Waals surface area contributed by atoms with E-state index in [0.717, 1.165) is 6.07 Å². The maximum absolute atomic E-state index is 12.3. The molecule has 0 saturated carbocycles. The van der Waals surface area contributed by atoms with Crippen LogP contribution in [0.25, 0.3) is 0 Å². The van der Waals surface area contributed by atoms with Gasteiger partial charge in [-0.05, 0) is 12.1 Å². The number of carbonyl (C=O) groups excluding carboxylic acids is 2. The molecule has 0 fully saturated rings. The SMILES string of the molecule is NC(=O)CN(CC(=O)O)C(=O)c1ccccc1OC(F)F. The minimum Gasteiger partial charge on any atom is -0.480 e. The number of aliphatic carboxylic acids is 1. The van der Waals surface area contributed by atoms with Crippen molar-refractivity contribution in [3.8, 4) is 5.75 Å². The largest absolute Gasteiger partial charge is 0.480 e. The van der Waals surface area contributed by atoms with Gasteiger partial charge in [-0.3, -0.25) is 14.4 Å². The van der Waals surface area contributed by atoms with Gasteiger partial charge >= 0.3 is 12.6 Å². The molecule has 3 N–H and O–H groups in total. The second-order valence-corrected chi connectivity index (χ2v) is 3.90. The first-order valence-corrected chi connectivity index (χ1v) is 5.64. The molecule has 1 aromatic carbocycles. The van der Waals surface area contributed by atoms with Gasteiger partial charge in [0, 0.05) is 0 Å². The summed E-state index contributed by atoms with van der Waals surface area (Å²) < 4.78 is 28.7. The number of carboxylic acid groups (broad SMARTS) is 1. The van der Waals surface area contributed by atoms with Crippen LogP contribution in [0.2, 0.25) is 0 Å². The predicted octanol–water partition coefficient (Wildman–Crippen LogP) is 0.300. The van der Waals surface area contributed by atoms with Crippen LogP contribution < -0.4 is 10.5 Å². The molecule has 114 valence electrons. The Balaban J connectivity index is 3.07. The number of para-hydroxylation sites is 1. The summed E-state index contributed by atoms with van der Waals surface area (Å²) in [6, 6.07) is 5.05. The molecule has 0 aliphatic heterocycles. The number of primary amides is 1. The summed E-state index contributed by atoms with van der Waals surface area (Å²) in [5.74, 6) is -3.68. The maximum atomic E-state index is 12.3. The van der Waals surface area contributed by atoms with E-state index >= 15 is 0 Å². The number of hydrogen-bond donors (Lipinski definition) is 2. The number of alkyl halides is 2. The normalized spacial score (nSPS) is 10.2. The number of carbonyl (C=O) groups is 3. The van der Waals surface area contributed by atoms with E-state index in [2.05, 4.69) is 4.74 Å². The van der Waals surface area contributed by atoms with Gasteiger partial charge < -0.3 is 20.5 Å². The van der Waals surface area contributed by atoms with Crippen molar-refractivity contribution in [2.75, 3.05) is 13.1 Å². The van der Waals surface area contributed by atoms with E-state index in [9.17, 15) is 23.2 Å². The van der Waals surface area contributed by atoms with Crippen LogP contribution in [0.4, 0.5) is 8.78 Å². The van der Waals surface area contributed by atoms with Crippen molar-refractivity contribution in [1.82, 2.24) is 4.90 Å². The molecule has 1 rings (SSSR count). The van der Waals surface area contributed by atoms with Crippen molar-refractivity contribution in [2.45, 2.75) is 6.61 Å². The van der Waals surface area contributed by atoms with Crippen molar-refractivity contribution in [3.63, 3.8) is 0 Å². The van der Waals surface area contributed by atoms with E-state index < -0.39 is 43.2 Å². The first-order chi connectivity index (χ1) is 9.81. The minimum atomic E-state index is -3.15. The monoisotopic (exact) mass is 302 g/mol. The highest BCUT2D eigenvalue weighted by atomic mass is 19.3. The van der Waals surface area contributed by atoms with Gasteiger partial charge in [0.05, 0.1) is 5.56 Å². The van der Waals surface area contributed by atoms with Gasteiger partial charge in [-0.15, -0.1) is 0 Å². The van der Waals surface area contributed by atoms with Crippen LogP contribution in [0.1, 0.15) is 10.4 Å². The van der Waals surface area contributed by atoms with Gasteiger partial charge in [0.15, 0.2) is 0 Å². The molecule has 7 nitrogen and oxygen atoms in total. The van der Waals surface area contributed by atoms with Gasteiger partial charge in [0.25, 0.3) is 5.91 Å². The van der Waals surface area contributed by atoms with Crippen LogP contribution in [-0.4, -0.2) is 47.5 Å². The molecular formula is C12H12F2N2O5. The number of nitrogens with two attached hydrogens (primary N) is 1. The summed E-state index contributed by atoms with van der Waals surface area (Å²) >= 11 is 0. The summed E-state index contributed by atoms with van der Waals surface area (Å²) in [7, 11) is 0. The van der Waals surface area contributed by atoms with E-state index in [1.807, 2.05) is 0 Å². The Bertz CT molecular complexity index is 534. The maximum Gasteiger partial charge on any atom is 0.387 e. The standard InChI is InChI=1S/C12H12F2N2O5/c13-12(14)21-8-4-2-1-3-7(8)11(20)16(5-9(15)17)6-10(18)19/h1-4,12H,5-6H2,(H2,15,17)(H,18,19). The lowest BCUT2D eigenvalue weighted by Gasteiger charge is -2.20. The lowest BCUT2D eigenvalue weighted by Crippen LogP contribution is -2.41. The van der Waals surface area contributed by atoms with Crippen LogP contribution in [0.5, 0.6) is 5.75 Å². The number of halogens is 2. The summed E-state index contributed by atoms with van der Waals surface area (Å²) in [4.78, 5) is 34.3. The molecule has 9 heteroatoms. The molecule has 21 heavy (non-hydrogen) atoms. The average Bonchev–Trinajstić information content (AvgIpc) is 2.36. The first-order valence-electron chi connectivity index (χ1n) is 5.64. The van der Waals surface area contributed by atoms with Gasteiger partial charge in [0.1, 0.15) is 18.8 Å². The van der Waals surface area contributed by atoms with Crippen molar-refractivity contribution >= 4 is 17.8 Å². The molecule has 0 aromatic heterocycles. The van der Waals surface area contributed by atoms with Gasteiger partial charge in [-0.25, -0.2) is 0 Å². The molecule has 0 radical (unpaired) electrons. The highest BCUT2D eigenvalue weighted by Gasteiger charge is 2.24. The molecule has 0 saturated heterocycles. The number of nitrogens with zero attached hydrogens (tertiary/aromatic N) is 1. The average molecular weight is 302 g/mol. The number of ether oxygens (including phenoxy) is 1. The minimum absolute atomic E-state index is 0.291. The lowest BCUT2D eigenvalue weighted by molar-refractivity contribution is -0.138. The summed E-state index contributed by atoms with van der Waals surface area (Å²) in [6.45, 7) is -4.61. The number of amides is 2. The third kappa shape index (κ3) is 5.05. The summed E-state index contributed by atoms with van der Waals surface area (Å²) in [5.41, 5.74) is 4.64. The van der Waals surface area contributed by atoms with Crippen LogP contribution in [0.15, 0.2) is 24.3 Å². The molecule has 1 aromatic rings. The number of carboxylic acids is 1. The third-order valence-corrected chi connectivity index (χ3v) is 2.29. The number of hydrogen-bond acceptors (Lipinski definition) is 4. The second kappa shape index (κ2) is 7.17. The molecule has 0 heterocycles. The van der Waals surface area contributed by atoms with Crippen LogP contribution in [0.3, 0.4) is 0 Å². The van der Waals surface area contributed by atoms with E-state index in [1.165, 1.54) is 18.2 Å². The smallest absolute Gasteiger partial charge is 0.387 e. The Hall–Kier alpha value is -2.71. The highest BCUT2D eigenvalue weighted by Crippen LogP contribution is 2.21. The van der Waals surface area contributed by atoms with E-state index in [1.54, 1.807) is 0 Å². The predicted molar refractivity (Wildman–Crippen MR) is 65.8 cm³/mol. The molecule has 0 atom stereocenters. The quantitative estimate of drug-likeness (QED) is 0.752. The first kappa shape index (κ1) is 16.3. The lowest BCUT2D eigenvalue weighted by atomic mass is 10.1. The fourth-order valence-corrected chi connectivity index (χ4v) is 1.56. The van der Waals surface area contributed by atoms with Gasteiger partial charge in [-0.1, -0.05) is 12.1 Å². The van der Waals surface area contributed by atoms with E-state index in [-0.39, 0.29) is 5.56 Å². The van der Waals surface area contributed by atoms with Gasteiger partial charge in [-0.2, -0.15) is 8.78 Å². The van der Waals surface area contributed by atoms with Crippen molar-refractivity contribution in [1.29, 1.82) is 0 Å².